The number of carbonyl (C=O) groups excluding carboxylic acids is 1. The normalized spacial score (nSPS) is 11.6. The highest BCUT2D eigenvalue weighted by atomic mass is 32.2. The minimum Gasteiger partial charge on any atom is -0.352 e. The van der Waals surface area contributed by atoms with E-state index in [-0.39, 0.29) is 10.8 Å². The van der Waals surface area contributed by atoms with E-state index in [1.807, 2.05) is 6.92 Å². The summed E-state index contributed by atoms with van der Waals surface area (Å²) in [6, 6.07) is 5.95. The Morgan fingerprint density at radius 2 is 1.79 bits per heavy atom. The standard InChI is InChI=1S/C13H20N2O3S/c1-4-5-10-14-13(16)11-6-8-12(9-7-11)19(17,18)15(2)3/h6-9H,4-5,10H2,1-3H3,(H,14,16). The van der Waals surface area contributed by atoms with Crippen molar-refractivity contribution >= 4 is 15.9 Å². The number of nitrogens with zero attached hydrogens (tertiary/aromatic N) is 1. The molecule has 0 aliphatic rings. The van der Waals surface area contributed by atoms with Gasteiger partial charge >= 0.3 is 0 Å². The SMILES string of the molecule is CCCCNC(=O)c1ccc(S(=O)(=O)N(C)C)cc1. The van der Waals surface area contributed by atoms with Crippen LogP contribution in [0.1, 0.15) is 30.1 Å². The van der Waals surface area contributed by atoms with Gasteiger partial charge in [-0.1, -0.05) is 13.3 Å². The second kappa shape index (κ2) is 6.68. The summed E-state index contributed by atoms with van der Waals surface area (Å²) in [6.07, 6.45) is 1.94. The van der Waals surface area contributed by atoms with Crippen molar-refractivity contribution in [3.63, 3.8) is 0 Å². The Balaban J connectivity index is 2.80. The summed E-state index contributed by atoms with van der Waals surface area (Å²) in [5.74, 6) is -0.178. The molecule has 0 bridgehead atoms. The van der Waals surface area contributed by atoms with E-state index >= 15 is 0 Å². The van der Waals surface area contributed by atoms with Crippen LogP contribution < -0.4 is 5.32 Å². The summed E-state index contributed by atoms with van der Waals surface area (Å²) in [5.41, 5.74) is 0.466. The smallest absolute Gasteiger partial charge is 0.251 e. The number of benzene rings is 1. The predicted molar refractivity (Wildman–Crippen MR) is 74.6 cm³/mol. The van der Waals surface area contributed by atoms with Crippen LogP contribution in [-0.4, -0.2) is 39.3 Å². The third-order valence-corrected chi connectivity index (χ3v) is 4.54. The van der Waals surface area contributed by atoms with Crippen molar-refractivity contribution in [1.82, 2.24) is 9.62 Å². The molecule has 0 aliphatic carbocycles. The van der Waals surface area contributed by atoms with Crippen LogP contribution in [0.2, 0.25) is 0 Å². The molecule has 0 aliphatic heterocycles. The first kappa shape index (κ1) is 15.7. The highest BCUT2D eigenvalue weighted by Crippen LogP contribution is 2.13. The molecular formula is C13H20N2O3S. The van der Waals surface area contributed by atoms with E-state index in [4.69, 9.17) is 0 Å². The zero-order valence-electron chi connectivity index (χ0n) is 11.5. The fourth-order valence-corrected chi connectivity index (χ4v) is 2.37. The lowest BCUT2D eigenvalue weighted by Gasteiger charge is -2.11. The van der Waals surface area contributed by atoms with E-state index < -0.39 is 10.0 Å². The maximum atomic E-state index is 11.8. The summed E-state index contributed by atoms with van der Waals surface area (Å²) in [5, 5.41) is 2.78. The van der Waals surface area contributed by atoms with Gasteiger partial charge in [-0.05, 0) is 30.7 Å². The van der Waals surface area contributed by atoms with E-state index in [0.717, 1.165) is 17.1 Å². The molecule has 6 heteroatoms. The van der Waals surface area contributed by atoms with E-state index in [2.05, 4.69) is 5.32 Å². The van der Waals surface area contributed by atoms with Crippen molar-refractivity contribution in [2.75, 3.05) is 20.6 Å². The van der Waals surface area contributed by atoms with E-state index in [1.165, 1.54) is 38.4 Å². The largest absolute Gasteiger partial charge is 0.352 e. The monoisotopic (exact) mass is 284 g/mol. The first-order valence-electron chi connectivity index (χ1n) is 6.20. The molecule has 0 spiro atoms. The van der Waals surface area contributed by atoms with Gasteiger partial charge in [0, 0.05) is 26.2 Å². The molecule has 0 saturated heterocycles. The lowest BCUT2D eigenvalue weighted by atomic mass is 10.2. The van der Waals surface area contributed by atoms with Gasteiger partial charge in [0.25, 0.3) is 5.91 Å². The van der Waals surface area contributed by atoms with Crippen molar-refractivity contribution in [3.05, 3.63) is 29.8 Å². The zero-order valence-corrected chi connectivity index (χ0v) is 12.3. The Labute approximate surface area is 114 Å². The van der Waals surface area contributed by atoms with Gasteiger partial charge in [-0.3, -0.25) is 4.79 Å². The number of nitrogens with one attached hydrogen (secondary N) is 1. The van der Waals surface area contributed by atoms with Gasteiger partial charge < -0.3 is 5.32 Å². The Morgan fingerprint density at radius 3 is 2.26 bits per heavy atom. The molecule has 1 aromatic carbocycles. The number of carbonyl (C=O) groups is 1. The zero-order chi connectivity index (χ0) is 14.5. The Morgan fingerprint density at radius 1 is 1.21 bits per heavy atom. The molecule has 1 aromatic rings. The second-order valence-electron chi connectivity index (χ2n) is 4.42. The van der Waals surface area contributed by atoms with Crippen LogP contribution >= 0.6 is 0 Å². The Kier molecular flexibility index (Phi) is 5.50. The molecule has 0 atom stereocenters. The van der Waals surface area contributed by atoms with Crippen LogP contribution in [-0.2, 0) is 10.0 Å². The van der Waals surface area contributed by atoms with Crippen molar-refractivity contribution in [2.45, 2.75) is 24.7 Å². The first-order chi connectivity index (χ1) is 8.89. The summed E-state index contributed by atoms with van der Waals surface area (Å²) in [6.45, 7) is 2.68. The Hall–Kier alpha value is -1.40. The number of hydrogen-bond acceptors (Lipinski definition) is 3. The maximum Gasteiger partial charge on any atom is 0.251 e. The van der Waals surface area contributed by atoms with Crippen LogP contribution in [0.4, 0.5) is 0 Å². The van der Waals surface area contributed by atoms with Gasteiger partial charge in [0.2, 0.25) is 10.0 Å². The molecule has 1 amide bonds. The van der Waals surface area contributed by atoms with E-state index in [9.17, 15) is 13.2 Å². The molecule has 106 valence electrons. The summed E-state index contributed by atoms with van der Waals surface area (Å²) >= 11 is 0. The number of hydrogen-bond donors (Lipinski definition) is 1. The number of sulfonamides is 1. The van der Waals surface area contributed by atoms with Crippen LogP contribution in [0.15, 0.2) is 29.2 Å². The minimum atomic E-state index is -3.44. The van der Waals surface area contributed by atoms with Crippen molar-refractivity contribution in [1.29, 1.82) is 0 Å². The third kappa shape index (κ3) is 4.04. The number of rotatable bonds is 6. The van der Waals surface area contributed by atoms with E-state index in [0.29, 0.717) is 12.1 Å². The number of amides is 1. The molecular weight excluding hydrogens is 264 g/mol. The highest BCUT2D eigenvalue weighted by molar-refractivity contribution is 7.89. The Bertz CT molecular complexity index is 521. The number of unbranched alkanes of at least 4 members (excludes halogenated alkanes) is 1. The van der Waals surface area contributed by atoms with Crippen molar-refractivity contribution < 1.29 is 13.2 Å². The topological polar surface area (TPSA) is 66.5 Å². The molecule has 0 aromatic heterocycles. The molecule has 1 N–H and O–H groups in total. The molecule has 5 nitrogen and oxygen atoms in total. The van der Waals surface area contributed by atoms with Gasteiger partial charge in [-0.2, -0.15) is 0 Å². The average molecular weight is 284 g/mol. The predicted octanol–water partition coefficient (Wildman–Crippen LogP) is 1.47. The molecule has 0 saturated carbocycles. The molecule has 0 heterocycles. The molecule has 19 heavy (non-hydrogen) atoms. The van der Waals surface area contributed by atoms with Crippen molar-refractivity contribution in [2.24, 2.45) is 0 Å². The summed E-state index contributed by atoms with van der Waals surface area (Å²) in [7, 11) is -0.493. The third-order valence-electron chi connectivity index (χ3n) is 2.71. The van der Waals surface area contributed by atoms with Crippen LogP contribution in [0, 0.1) is 0 Å². The van der Waals surface area contributed by atoms with Crippen LogP contribution in [0.3, 0.4) is 0 Å². The van der Waals surface area contributed by atoms with E-state index in [1.54, 1.807) is 0 Å². The molecule has 0 unspecified atom stereocenters. The van der Waals surface area contributed by atoms with Crippen molar-refractivity contribution in [3.8, 4) is 0 Å². The van der Waals surface area contributed by atoms with Crippen LogP contribution in [0.5, 0.6) is 0 Å². The molecule has 0 radical (unpaired) electrons. The molecule has 1 rings (SSSR count). The molecule has 0 fully saturated rings. The van der Waals surface area contributed by atoms with Gasteiger partial charge in [0.15, 0.2) is 0 Å². The lowest BCUT2D eigenvalue weighted by Crippen LogP contribution is -2.25. The van der Waals surface area contributed by atoms with Gasteiger partial charge in [0.05, 0.1) is 4.90 Å². The van der Waals surface area contributed by atoms with Crippen LogP contribution in [0.25, 0.3) is 0 Å². The average Bonchev–Trinajstić information content (AvgIpc) is 2.39. The highest BCUT2D eigenvalue weighted by Gasteiger charge is 2.17. The lowest BCUT2D eigenvalue weighted by molar-refractivity contribution is 0.0953. The minimum absolute atomic E-state index is 0.178. The van der Waals surface area contributed by atoms with Gasteiger partial charge in [-0.15, -0.1) is 0 Å². The quantitative estimate of drug-likeness (QED) is 0.804. The fourth-order valence-electron chi connectivity index (χ4n) is 1.47. The fraction of sp³-hybridized carbons (Fsp3) is 0.462. The van der Waals surface area contributed by atoms with Gasteiger partial charge in [-0.25, -0.2) is 12.7 Å². The summed E-state index contributed by atoms with van der Waals surface area (Å²) in [4.78, 5) is 11.9. The van der Waals surface area contributed by atoms with Gasteiger partial charge in [0.1, 0.15) is 0 Å². The first-order valence-corrected chi connectivity index (χ1v) is 7.64. The second-order valence-corrected chi connectivity index (χ2v) is 6.57. The maximum absolute atomic E-state index is 11.8. The summed E-state index contributed by atoms with van der Waals surface area (Å²) < 4.78 is 24.8.